The van der Waals surface area contributed by atoms with Crippen molar-refractivity contribution in [1.82, 2.24) is 9.97 Å². The summed E-state index contributed by atoms with van der Waals surface area (Å²) in [5.74, 6) is 5.11. The van der Waals surface area contributed by atoms with Gasteiger partial charge in [0.15, 0.2) is 5.89 Å². The van der Waals surface area contributed by atoms with Gasteiger partial charge in [-0.15, -0.1) is 11.3 Å². The quantitative estimate of drug-likeness (QED) is 0.420. The smallest absolute Gasteiger partial charge is 0.196 e. The fourth-order valence-electron chi connectivity index (χ4n) is 2.83. The van der Waals surface area contributed by atoms with Gasteiger partial charge in [-0.1, -0.05) is 83.1 Å². The first-order valence-electron chi connectivity index (χ1n) is 12.5. The number of hydrogen-bond acceptors (Lipinski definition) is 5. The summed E-state index contributed by atoms with van der Waals surface area (Å²) in [6.45, 7) is 26.9. The molecule has 3 rings (SSSR count). The average molecular weight is 474 g/mol. The molecule has 0 saturated heterocycles. The van der Waals surface area contributed by atoms with Gasteiger partial charge in [0.05, 0.1) is 17.7 Å². The van der Waals surface area contributed by atoms with Crippen LogP contribution in [0.1, 0.15) is 128 Å². The van der Waals surface area contributed by atoms with E-state index in [9.17, 15) is 0 Å². The number of allylic oxidation sites excluding steroid dienone is 1. The zero-order chi connectivity index (χ0) is 25.3. The molecule has 0 atom stereocenters. The molecule has 186 valence electrons. The summed E-state index contributed by atoms with van der Waals surface area (Å²) in [6.07, 6.45) is 6.08. The van der Waals surface area contributed by atoms with E-state index in [1.807, 2.05) is 23.7 Å². The Kier molecular flexibility index (Phi) is 12.3. The Morgan fingerprint density at radius 1 is 0.697 bits per heavy atom. The summed E-state index contributed by atoms with van der Waals surface area (Å²) in [5, 5.41) is 1.26. The molecule has 0 bridgehead atoms. The van der Waals surface area contributed by atoms with Crippen LogP contribution in [0.3, 0.4) is 0 Å². The van der Waals surface area contributed by atoms with Gasteiger partial charge >= 0.3 is 0 Å². The van der Waals surface area contributed by atoms with Gasteiger partial charge in [-0.3, -0.25) is 4.99 Å². The molecule has 2 aromatic heterocycles. The molecule has 0 aliphatic carbocycles. The summed E-state index contributed by atoms with van der Waals surface area (Å²) < 4.78 is 5.50. The monoisotopic (exact) mass is 473 g/mol. The van der Waals surface area contributed by atoms with Gasteiger partial charge in [0, 0.05) is 34.5 Å². The standard InChI is InChI=1S/C10H17N.C9H15NO.C9H15NS/c1-7(2)9-5-10(8(3)4)11-6-9;2*1-6(2)8-5-10-9(11-8)7(3)4/h5,7-8H,6H2,1-4H3;2*5-7H,1-4H3. The van der Waals surface area contributed by atoms with Crippen LogP contribution in [0.4, 0.5) is 0 Å². The van der Waals surface area contributed by atoms with Crippen LogP contribution in [0.2, 0.25) is 0 Å². The van der Waals surface area contributed by atoms with Gasteiger partial charge in [-0.2, -0.15) is 0 Å². The molecule has 2 aromatic rings. The van der Waals surface area contributed by atoms with E-state index in [4.69, 9.17) is 4.42 Å². The number of hydrogen-bond donors (Lipinski definition) is 0. The van der Waals surface area contributed by atoms with E-state index in [0.29, 0.717) is 35.5 Å². The highest BCUT2D eigenvalue weighted by molar-refractivity contribution is 7.11. The Bertz CT molecular complexity index is 787. The maximum absolute atomic E-state index is 5.50. The number of thiazole rings is 1. The van der Waals surface area contributed by atoms with E-state index in [1.54, 1.807) is 0 Å². The Morgan fingerprint density at radius 3 is 1.61 bits per heavy atom. The van der Waals surface area contributed by atoms with Crippen molar-refractivity contribution >= 4 is 17.0 Å². The minimum atomic E-state index is 0.391. The largest absolute Gasteiger partial charge is 0.445 e. The molecule has 0 N–H and O–H groups in total. The molecule has 0 saturated carbocycles. The third kappa shape index (κ3) is 9.95. The van der Waals surface area contributed by atoms with Crippen molar-refractivity contribution in [1.29, 1.82) is 0 Å². The summed E-state index contributed by atoms with van der Waals surface area (Å²) in [5.41, 5.74) is 2.75. The lowest BCUT2D eigenvalue weighted by Crippen LogP contribution is -2.00. The van der Waals surface area contributed by atoms with Crippen molar-refractivity contribution in [2.75, 3.05) is 6.54 Å². The summed E-state index contributed by atoms with van der Waals surface area (Å²) in [6, 6.07) is 0. The number of nitrogens with zero attached hydrogens (tertiary/aromatic N) is 3. The maximum atomic E-state index is 5.50. The molecule has 1 aliphatic rings. The molecule has 4 nitrogen and oxygen atoms in total. The zero-order valence-corrected chi connectivity index (χ0v) is 23.9. The molecule has 0 aromatic carbocycles. The molecule has 0 amide bonds. The van der Waals surface area contributed by atoms with Gasteiger partial charge < -0.3 is 4.42 Å². The maximum Gasteiger partial charge on any atom is 0.196 e. The second kappa shape index (κ2) is 13.8. The van der Waals surface area contributed by atoms with Crippen LogP contribution < -0.4 is 0 Å². The fourth-order valence-corrected chi connectivity index (χ4v) is 3.76. The van der Waals surface area contributed by atoms with Gasteiger partial charge in [0.1, 0.15) is 5.76 Å². The summed E-state index contributed by atoms with van der Waals surface area (Å²) >= 11 is 1.84. The number of oxazole rings is 1. The van der Waals surface area contributed by atoms with Crippen LogP contribution in [-0.2, 0) is 0 Å². The molecule has 5 heteroatoms. The number of rotatable bonds is 6. The lowest BCUT2D eigenvalue weighted by Gasteiger charge is -2.02. The molecule has 1 aliphatic heterocycles. The molecule has 0 unspecified atom stereocenters. The number of aromatic nitrogens is 2. The van der Waals surface area contributed by atoms with E-state index in [-0.39, 0.29) is 0 Å². The fraction of sp³-hybridized carbons (Fsp3) is 0.679. The first kappa shape index (κ1) is 29.3. The lowest BCUT2D eigenvalue weighted by atomic mass is 10.0. The summed E-state index contributed by atoms with van der Waals surface area (Å²) in [7, 11) is 0. The molecule has 33 heavy (non-hydrogen) atoms. The first-order valence-corrected chi connectivity index (χ1v) is 13.3. The van der Waals surface area contributed by atoms with Gasteiger partial charge in [-0.05, 0) is 29.4 Å². The van der Waals surface area contributed by atoms with E-state index < -0.39 is 0 Å². The van der Waals surface area contributed by atoms with Crippen molar-refractivity contribution in [3.8, 4) is 0 Å². The van der Waals surface area contributed by atoms with E-state index in [2.05, 4.69) is 104 Å². The second-order valence-electron chi connectivity index (χ2n) is 10.6. The Morgan fingerprint density at radius 2 is 1.33 bits per heavy atom. The van der Waals surface area contributed by atoms with Gasteiger partial charge in [0.25, 0.3) is 0 Å². The summed E-state index contributed by atoms with van der Waals surface area (Å²) in [4.78, 5) is 14.4. The van der Waals surface area contributed by atoms with Crippen LogP contribution >= 0.6 is 11.3 Å². The van der Waals surface area contributed by atoms with Crippen molar-refractivity contribution < 1.29 is 4.42 Å². The van der Waals surface area contributed by atoms with Crippen LogP contribution in [0.15, 0.2) is 33.5 Å². The van der Waals surface area contributed by atoms with E-state index >= 15 is 0 Å². The third-order valence-corrected chi connectivity index (χ3v) is 6.92. The van der Waals surface area contributed by atoms with Crippen molar-refractivity contribution in [3.63, 3.8) is 0 Å². The predicted octanol–water partition coefficient (Wildman–Crippen LogP) is 8.99. The molecule has 3 heterocycles. The minimum Gasteiger partial charge on any atom is -0.445 e. The van der Waals surface area contributed by atoms with Crippen molar-refractivity contribution in [3.05, 3.63) is 45.6 Å². The van der Waals surface area contributed by atoms with Crippen LogP contribution in [-0.4, -0.2) is 22.2 Å². The van der Waals surface area contributed by atoms with E-state index in [0.717, 1.165) is 18.2 Å². The topological polar surface area (TPSA) is 51.3 Å². The average Bonchev–Trinajstić information content (AvgIpc) is 3.49. The highest BCUT2D eigenvalue weighted by atomic mass is 32.1. The van der Waals surface area contributed by atoms with Gasteiger partial charge in [-0.25, -0.2) is 9.97 Å². The van der Waals surface area contributed by atoms with Gasteiger partial charge in [0.2, 0.25) is 0 Å². The minimum absolute atomic E-state index is 0.391. The second-order valence-corrected chi connectivity index (χ2v) is 11.7. The zero-order valence-electron chi connectivity index (χ0n) is 23.1. The molecule has 0 spiro atoms. The highest BCUT2D eigenvalue weighted by Crippen LogP contribution is 2.26. The Balaban J connectivity index is 0.000000247. The lowest BCUT2D eigenvalue weighted by molar-refractivity contribution is 0.422. The van der Waals surface area contributed by atoms with Crippen molar-refractivity contribution in [2.45, 2.75) is 107 Å². The van der Waals surface area contributed by atoms with E-state index in [1.165, 1.54) is 21.2 Å². The molecular weight excluding hydrogens is 426 g/mol. The molecule has 0 radical (unpaired) electrons. The highest BCUT2D eigenvalue weighted by Gasteiger charge is 2.13. The SMILES string of the molecule is CC(C)C1=CC(C(C)C)=NC1.CC(C)c1cnc(C(C)C)o1.CC(C)c1cnc(C(C)C)s1. The Labute approximate surface area is 207 Å². The Hall–Kier alpha value is -1.75. The third-order valence-electron chi connectivity index (χ3n) is 5.32. The normalized spacial score (nSPS) is 13.5. The first-order chi connectivity index (χ1) is 15.3. The van der Waals surface area contributed by atoms with Crippen molar-refractivity contribution in [2.24, 2.45) is 16.8 Å². The van der Waals surface area contributed by atoms with Crippen LogP contribution in [0.25, 0.3) is 0 Å². The number of aliphatic imine (C=N–C) groups is 1. The predicted molar refractivity (Wildman–Crippen MR) is 145 cm³/mol. The molecular formula is C28H47N3OS. The van der Waals surface area contributed by atoms with Crippen LogP contribution in [0, 0.1) is 11.8 Å². The van der Waals surface area contributed by atoms with Crippen LogP contribution in [0.5, 0.6) is 0 Å². The molecule has 0 fully saturated rings.